The number of methoxy groups -OCH3 is 1. The third kappa shape index (κ3) is 5.75. The van der Waals surface area contributed by atoms with E-state index in [0.29, 0.717) is 41.2 Å². The first-order valence-corrected chi connectivity index (χ1v) is 13.4. The molecule has 9 nitrogen and oxygen atoms in total. The fraction of sp³-hybridized carbons (Fsp3) is 0.429. The normalized spacial score (nSPS) is 19.0. The molecule has 5 rings (SSSR count). The fourth-order valence-electron chi connectivity index (χ4n) is 5.17. The topological polar surface area (TPSA) is 92.6 Å². The Labute approximate surface area is 227 Å². The second kappa shape index (κ2) is 11.6. The molecule has 0 spiro atoms. The molecule has 1 N–H and O–H groups in total. The van der Waals surface area contributed by atoms with E-state index in [0.717, 1.165) is 50.1 Å². The number of nitrogens with zero attached hydrogens (tertiary/aromatic N) is 5. The van der Waals surface area contributed by atoms with Crippen LogP contribution >= 0.6 is 11.6 Å². The molecule has 38 heavy (non-hydrogen) atoms. The summed E-state index contributed by atoms with van der Waals surface area (Å²) < 4.78 is 7.32. The first kappa shape index (κ1) is 26.3. The van der Waals surface area contributed by atoms with Crippen LogP contribution in [0.1, 0.15) is 41.4 Å². The molecular formula is C28H33ClN6O3. The van der Waals surface area contributed by atoms with Gasteiger partial charge in [-0.2, -0.15) is 0 Å². The van der Waals surface area contributed by atoms with E-state index in [-0.39, 0.29) is 17.9 Å². The quantitative estimate of drug-likeness (QED) is 0.457. The van der Waals surface area contributed by atoms with Gasteiger partial charge in [0.2, 0.25) is 11.9 Å². The number of benzene rings is 1. The minimum absolute atomic E-state index is 0.00548. The van der Waals surface area contributed by atoms with Crippen molar-refractivity contribution >= 4 is 40.4 Å². The molecule has 2 saturated heterocycles. The molecule has 200 valence electrons. The van der Waals surface area contributed by atoms with Crippen LogP contribution < -0.4 is 5.32 Å². The van der Waals surface area contributed by atoms with Gasteiger partial charge in [-0.25, -0.2) is 4.98 Å². The van der Waals surface area contributed by atoms with Gasteiger partial charge in [0, 0.05) is 63.4 Å². The van der Waals surface area contributed by atoms with E-state index in [1.807, 2.05) is 40.7 Å². The lowest BCUT2D eigenvalue weighted by Gasteiger charge is -2.37. The summed E-state index contributed by atoms with van der Waals surface area (Å²) in [7, 11) is 1.73. The predicted molar refractivity (Wildman–Crippen MR) is 148 cm³/mol. The molecule has 2 aliphatic heterocycles. The number of para-hydroxylation sites is 1. The van der Waals surface area contributed by atoms with Gasteiger partial charge in [-0.1, -0.05) is 23.7 Å². The highest BCUT2D eigenvalue weighted by Crippen LogP contribution is 2.34. The number of imidazole rings is 1. The first-order valence-electron chi connectivity index (χ1n) is 13.0. The number of anilines is 1. The van der Waals surface area contributed by atoms with Gasteiger partial charge in [-0.3, -0.25) is 24.8 Å². The van der Waals surface area contributed by atoms with E-state index in [4.69, 9.17) is 21.3 Å². The number of likely N-dealkylation sites (tertiary alicyclic amines) is 2. The Hall–Kier alpha value is -3.27. The number of aromatic nitrogens is 3. The van der Waals surface area contributed by atoms with Crippen molar-refractivity contribution in [3.8, 4) is 0 Å². The number of carbonyl (C=O) groups excluding carboxylic acids is 2. The van der Waals surface area contributed by atoms with Crippen molar-refractivity contribution in [3.05, 3.63) is 65.0 Å². The van der Waals surface area contributed by atoms with E-state index in [9.17, 15) is 9.59 Å². The second-order valence-corrected chi connectivity index (χ2v) is 10.4. The van der Waals surface area contributed by atoms with E-state index in [1.165, 1.54) is 0 Å². The van der Waals surface area contributed by atoms with Crippen molar-refractivity contribution < 1.29 is 14.3 Å². The number of amides is 2. The monoisotopic (exact) mass is 536 g/mol. The average Bonchev–Trinajstić information content (AvgIpc) is 3.07. The van der Waals surface area contributed by atoms with Crippen molar-refractivity contribution in [3.63, 3.8) is 0 Å². The third-order valence-electron chi connectivity index (χ3n) is 7.25. The van der Waals surface area contributed by atoms with Gasteiger partial charge in [0.05, 0.1) is 28.2 Å². The molecule has 0 saturated carbocycles. The summed E-state index contributed by atoms with van der Waals surface area (Å²) in [6, 6.07) is 8.88. The highest BCUT2D eigenvalue weighted by Gasteiger charge is 2.28. The van der Waals surface area contributed by atoms with Crippen LogP contribution in [0.15, 0.2) is 48.7 Å². The molecule has 0 radical (unpaired) electrons. The van der Waals surface area contributed by atoms with Crippen molar-refractivity contribution in [2.24, 2.45) is 0 Å². The predicted octanol–water partition coefficient (Wildman–Crippen LogP) is 4.09. The largest absolute Gasteiger partial charge is 0.379 e. The summed E-state index contributed by atoms with van der Waals surface area (Å²) in [6.45, 7) is 5.55. The van der Waals surface area contributed by atoms with Crippen LogP contribution in [0, 0.1) is 6.92 Å². The summed E-state index contributed by atoms with van der Waals surface area (Å²) in [6.07, 6.45) is 8.22. The van der Waals surface area contributed by atoms with Gasteiger partial charge in [0.25, 0.3) is 5.91 Å². The summed E-state index contributed by atoms with van der Waals surface area (Å²) in [5.41, 5.74) is 2.72. The van der Waals surface area contributed by atoms with E-state index >= 15 is 0 Å². The van der Waals surface area contributed by atoms with Crippen molar-refractivity contribution in [2.75, 3.05) is 45.2 Å². The number of nitrogens with one attached hydrogen (secondary N) is 1. The number of hydrogen-bond donors (Lipinski definition) is 1. The number of aryl methyl sites for hydroxylation is 1. The summed E-state index contributed by atoms with van der Waals surface area (Å²) in [5.74, 6) is 0.149. The molecule has 0 bridgehead atoms. The van der Waals surface area contributed by atoms with E-state index in [1.54, 1.807) is 31.5 Å². The van der Waals surface area contributed by atoms with Crippen LogP contribution in [0.5, 0.6) is 0 Å². The third-order valence-corrected chi connectivity index (χ3v) is 7.55. The number of carbonyl (C=O) groups is 2. The lowest BCUT2D eigenvalue weighted by atomic mass is 10.1. The molecule has 2 amide bonds. The molecule has 0 unspecified atom stereocenters. The lowest BCUT2D eigenvalue weighted by Crippen LogP contribution is -2.51. The smallest absolute Gasteiger partial charge is 0.258 e. The molecule has 2 aromatic heterocycles. The summed E-state index contributed by atoms with van der Waals surface area (Å²) in [4.78, 5) is 39.3. The second-order valence-electron chi connectivity index (χ2n) is 9.97. The Bertz CT molecular complexity index is 1350. The maximum absolute atomic E-state index is 13.2. The Kier molecular flexibility index (Phi) is 8.06. The molecule has 1 aromatic carbocycles. The van der Waals surface area contributed by atoms with Gasteiger partial charge in [0.1, 0.15) is 0 Å². The minimum atomic E-state index is -0.269. The number of halogens is 1. The molecule has 3 aromatic rings. The summed E-state index contributed by atoms with van der Waals surface area (Å²) in [5, 5.41) is 3.55. The van der Waals surface area contributed by atoms with Gasteiger partial charge in [-0.15, -0.1) is 0 Å². The average molecular weight is 537 g/mol. The molecule has 1 atom stereocenters. The number of ether oxygens (including phenoxy) is 1. The minimum Gasteiger partial charge on any atom is -0.379 e. The number of hydrogen-bond acceptors (Lipinski definition) is 6. The standard InChI is InChI=1S/C28H33ClN6O3/c1-19-15-20(11-12-30-19)27(37)32-28-31-24-9-5-8-23(29)26(24)35(28)21-7-3-4-14-34(16-21)25(36)10-6-13-33-17-22(18-33)38-2/h5-6,8-12,15,21-22H,3-4,7,13-14,16-18H2,1-2H3,(H,31,32,37)/t21-/m1/s1. The molecule has 4 heterocycles. The molecule has 2 aliphatic rings. The van der Waals surface area contributed by atoms with Crippen LogP contribution in [-0.4, -0.2) is 82.1 Å². The Balaban J connectivity index is 1.38. The van der Waals surface area contributed by atoms with Crippen LogP contribution in [0.4, 0.5) is 5.95 Å². The number of pyridine rings is 1. The number of rotatable bonds is 7. The molecule has 10 heteroatoms. The maximum Gasteiger partial charge on any atom is 0.258 e. The SMILES string of the molecule is COC1CN(CC=CC(=O)N2CCCC[C@@H](n3c(NC(=O)c4ccnc(C)c4)nc4cccc(Cl)c43)C2)C1. The van der Waals surface area contributed by atoms with Crippen LogP contribution in [0.3, 0.4) is 0 Å². The van der Waals surface area contributed by atoms with E-state index < -0.39 is 0 Å². The maximum atomic E-state index is 13.2. The summed E-state index contributed by atoms with van der Waals surface area (Å²) >= 11 is 6.66. The van der Waals surface area contributed by atoms with Crippen LogP contribution in [0.25, 0.3) is 11.0 Å². The van der Waals surface area contributed by atoms with Crippen molar-refractivity contribution in [1.29, 1.82) is 0 Å². The van der Waals surface area contributed by atoms with Gasteiger partial charge < -0.3 is 14.2 Å². The molecular weight excluding hydrogens is 504 g/mol. The zero-order valence-electron chi connectivity index (χ0n) is 21.8. The fourth-order valence-corrected chi connectivity index (χ4v) is 5.43. The van der Waals surface area contributed by atoms with Gasteiger partial charge in [0.15, 0.2) is 0 Å². The Morgan fingerprint density at radius 2 is 2.05 bits per heavy atom. The Morgan fingerprint density at radius 3 is 2.84 bits per heavy atom. The highest BCUT2D eigenvalue weighted by atomic mass is 35.5. The number of fused-ring (bicyclic) bond motifs is 1. The molecule has 0 aliphatic carbocycles. The van der Waals surface area contributed by atoms with Gasteiger partial charge >= 0.3 is 0 Å². The van der Waals surface area contributed by atoms with Crippen LogP contribution in [-0.2, 0) is 9.53 Å². The molecule has 2 fully saturated rings. The van der Waals surface area contributed by atoms with Crippen LogP contribution in [0.2, 0.25) is 5.02 Å². The highest BCUT2D eigenvalue weighted by molar-refractivity contribution is 6.35. The zero-order chi connectivity index (χ0) is 26.6. The van der Waals surface area contributed by atoms with Crippen molar-refractivity contribution in [2.45, 2.75) is 38.3 Å². The van der Waals surface area contributed by atoms with Crippen molar-refractivity contribution in [1.82, 2.24) is 24.3 Å². The van der Waals surface area contributed by atoms with Gasteiger partial charge in [-0.05, 0) is 50.5 Å². The first-order chi connectivity index (χ1) is 18.4. The lowest BCUT2D eigenvalue weighted by molar-refractivity contribution is -0.126. The van der Waals surface area contributed by atoms with E-state index in [2.05, 4.69) is 15.2 Å². The Morgan fingerprint density at radius 1 is 1.21 bits per heavy atom. The zero-order valence-corrected chi connectivity index (χ0v) is 22.5.